The predicted octanol–water partition coefficient (Wildman–Crippen LogP) is 2.16. The van der Waals surface area contributed by atoms with Gasteiger partial charge >= 0.3 is 0 Å². The van der Waals surface area contributed by atoms with Crippen molar-refractivity contribution in [2.75, 3.05) is 13.1 Å². The lowest BCUT2D eigenvalue weighted by Gasteiger charge is -2.23. The molecule has 1 aliphatic rings. The van der Waals surface area contributed by atoms with Crippen molar-refractivity contribution in [3.8, 4) is 0 Å². The third-order valence-corrected chi connectivity index (χ3v) is 4.32. The van der Waals surface area contributed by atoms with Crippen LogP contribution >= 0.6 is 11.3 Å². The molecule has 0 bridgehead atoms. The Hall–Kier alpha value is -1.20. The molecule has 0 atom stereocenters. The summed E-state index contributed by atoms with van der Waals surface area (Å²) >= 11 is 1.71. The molecule has 1 saturated heterocycles. The van der Waals surface area contributed by atoms with E-state index in [0.29, 0.717) is 5.92 Å². The Morgan fingerprint density at radius 3 is 3.00 bits per heavy atom. The van der Waals surface area contributed by atoms with E-state index in [9.17, 15) is 0 Å². The molecule has 5 heteroatoms. The number of nitrogens with one attached hydrogen (secondary N) is 1. The van der Waals surface area contributed by atoms with Crippen molar-refractivity contribution in [2.45, 2.75) is 32.2 Å². The van der Waals surface area contributed by atoms with Gasteiger partial charge < -0.3 is 9.88 Å². The molecule has 4 nitrogen and oxygen atoms in total. The molecule has 0 saturated carbocycles. The molecule has 0 spiro atoms. The van der Waals surface area contributed by atoms with Crippen LogP contribution in [0.25, 0.3) is 0 Å². The van der Waals surface area contributed by atoms with Gasteiger partial charge in [0.1, 0.15) is 0 Å². The zero-order chi connectivity index (χ0) is 12.4. The lowest BCUT2D eigenvalue weighted by molar-refractivity contribution is 0.442. The second kappa shape index (κ2) is 5.20. The molecule has 2 aromatic rings. The summed E-state index contributed by atoms with van der Waals surface area (Å²) in [6.45, 7) is 5.14. The molecule has 18 heavy (non-hydrogen) atoms. The van der Waals surface area contributed by atoms with Crippen molar-refractivity contribution in [3.05, 3.63) is 34.3 Å². The number of piperidine rings is 1. The van der Waals surface area contributed by atoms with E-state index >= 15 is 0 Å². The van der Waals surface area contributed by atoms with Gasteiger partial charge in [0.15, 0.2) is 0 Å². The highest BCUT2D eigenvalue weighted by molar-refractivity contribution is 7.09. The number of aromatic nitrogens is 3. The molecule has 96 valence electrons. The maximum Gasteiger partial charge on any atom is 0.0951 e. The number of nitrogens with zero attached hydrogens (tertiary/aromatic N) is 3. The number of hydrogen-bond donors (Lipinski definition) is 1. The van der Waals surface area contributed by atoms with Gasteiger partial charge in [0.05, 0.1) is 23.6 Å². The molecular weight excluding hydrogens is 244 g/mol. The minimum Gasteiger partial charge on any atom is -0.328 e. The number of thiazole rings is 1. The minimum atomic E-state index is 0.647. The summed E-state index contributed by atoms with van der Waals surface area (Å²) in [4.78, 5) is 8.85. The summed E-state index contributed by atoms with van der Waals surface area (Å²) < 4.78 is 2.25. The number of aryl methyl sites for hydroxylation is 1. The lowest BCUT2D eigenvalue weighted by Crippen LogP contribution is -2.27. The fourth-order valence-electron chi connectivity index (χ4n) is 2.58. The second-order valence-electron chi connectivity index (χ2n) is 4.83. The van der Waals surface area contributed by atoms with Crippen LogP contribution in [0.15, 0.2) is 17.9 Å². The lowest BCUT2D eigenvalue weighted by atomic mass is 9.95. The highest BCUT2D eigenvalue weighted by Crippen LogP contribution is 2.25. The van der Waals surface area contributed by atoms with Crippen LogP contribution in [0.5, 0.6) is 0 Å². The molecule has 0 aromatic carbocycles. The molecule has 1 fully saturated rings. The van der Waals surface area contributed by atoms with Crippen LogP contribution in [0.1, 0.15) is 35.2 Å². The fourth-order valence-corrected chi connectivity index (χ4v) is 3.18. The van der Waals surface area contributed by atoms with Crippen molar-refractivity contribution in [1.29, 1.82) is 0 Å². The molecule has 0 aliphatic carbocycles. The first kappa shape index (κ1) is 11.9. The number of rotatable bonds is 3. The van der Waals surface area contributed by atoms with Gasteiger partial charge in [-0.3, -0.25) is 0 Å². The van der Waals surface area contributed by atoms with Gasteiger partial charge in [-0.25, -0.2) is 9.97 Å². The first-order valence-corrected chi connectivity index (χ1v) is 7.32. The Labute approximate surface area is 111 Å². The Morgan fingerprint density at radius 1 is 1.44 bits per heavy atom. The second-order valence-corrected chi connectivity index (χ2v) is 5.89. The van der Waals surface area contributed by atoms with Gasteiger partial charge in [-0.1, -0.05) is 0 Å². The summed E-state index contributed by atoms with van der Waals surface area (Å²) in [5, 5.41) is 6.68. The Balaban J connectivity index is 1.78. The van der Waals surface area contributed by atoms with Gasteiger partial charge in [0, 0.05) is 23.2 Å². The summed E-state index contributed by atoms with van der Waals surface area (Å²) in [7, 11) is 0. The van der Waals surface area contributed by atoms with E-state index in [2.05, 4.69) is 32.2 Å². The van der Waals surface area contributed by atoms with Gasteiger partial charge in [-0.05, 0) is 32.9 Å². The summed E-state index contributed by atoms with van der Waals surface area (Å²) in [5.41, 5.74) is 2.51. The standard InChI is InChI=1S/C13H18N4S/c1-10-16-12(8-18-10)7-17-9-15-6-13(17)11-2-4-14-5-3-11/h6,8-9,11,14H,2-5,7H2,1H3. The number of hydrogen-bond acceptors (Lipinski definition) is 4. The molecule has 0 unspecified atom stereocenters. The molecule has 3 heterocycles. The largest absolute Gasteiger partial charge is 0.328 e. The molecule has 1 N–H and O–H groups in total. The minimum absolute atomic E-state index is 0.647. The van der Waals surface area contributed by atoms with Crippen LogP contribution in [0.3, 0.4) is 0 Å². The topological polar surface area (TPSA) is 42.7 Å². The molecular formula is C13H18N4S. The zero-order valence-electron chi connectivity index (χ0n) is 10.6. The molecule has 2 aromatic heterocycles. The smallest absolute Gasteiger partial charge is 0.0951 e. The molecule has 0 radical (unpaired) electrons. The molecule has 3 rings (SSSR count). The average molecular weight is 262 g/mol. The summed E-state index contributed by atoms with van der Waals surface area (Å²) in [5.74, 6) is 0.647. The highest BCUT2D eigenvalue weighted by atomic mass is 32.1. The van der Waals surface area contributed by atoms with Crippen molar-refractivity contribution in [2.24, 2.45) is 0 Å². The van der Waals surface area contributed by atoms with E-state index in [1.54, 1.807) is 11.3 Å². The molecule has 1 aliphatic heterocycles. The van der Waals surface area contributed by atoms with E-state index in [4.69, 9.17) is 0 Å². The zero-order valence-corrected chi connectivity index (χ0v) is 11.4. The van der Waals surface area contributed by atoms with Crippen LogP contribution in [-0.2, 0) is 6.54 Å². The number of imidazole rings is 1. The quantitative estimate of drug-likeness (QED) is 0.922. The monoisotopic (exact) mass is 262 g/mol. The van der Waals surface area contributed by atoms with Crippen LogP contribution < -0.4 is 5.32 Å². The average Bonchev–Trinajstić information content (AvgIpc) is 3.00. The predicted molar refractivity (Wildman–Crippen MR) is 73.0 cm³/mol. The highest BCUT2D eigenvalue weighted by Gasteiger charge is 2.19. The third-order valence-electron chi connectivity index (χ3n) is 3.50. The maximum atomic E-state index is 4.53. The van der Waals surface area contributed by atoms with Gasteiger partial charge in [-0.2, -0.15) is 0 Å². The summed E-state index contributed by atoms with van der Waals surface area (Å²) in [6.07, 6.45) is 6.38. The van der Waals surface area contributed by atoms with Crippen molar-refractivity contribution < 1.29 is 0 Å². The Morgan fingerprint density at radius 2 is 2.28 bits per heavy atom. The maximum absolute atomic E-state index is 4.53. The van der Waals surface area contributed by atoms with Crippen LogP contribution in [0, 0.1) is 6.92 Å². The van der Waals surface area contributed by atoms with Crippen LogP contribution in [0.4, 0.5) is 0 Å². The third kappa shape index (κ3) is 2.47. The summed E-state index contributed by atoms with van der Waals surface area (Å²) in [6, 6.07) is 0. The Bertz CT molecular complexity index is 511. The van der Waals surface area contributed by atoms with Gasteiger partial charge in [0.25, 0.3) is 0 Å². The van der Waals surface area contributed by atoms with E-state index in [-0.39, 0.29) is 0 Å². The van der Waals surface area contributed by atoms with Crippen molar-refractivity contribution in [3.63, 3.8) is 0 Å². The normalized spacial score (nSPS) is 17.2. The van der Waals surface area contributed by atoms with Crippen LogP contribution in [0.2, 0.25) is 0 Å². The first-order chi connectivity index (χ1) is 8.83. The van der Waals surface area contributed by atoms with Gasteiger partial charge in [0.2, 0.25) is 0 Å². The van der Waals surface area contributed by atoms with Crippen molar-refractivity contribution >= 4 is 11.3 Å². The van der Waals surface area contributed by atoms with Crippen LogP contribution in [-0.4, -0.2) is 27.6 Å². The van der Waals surface area contributed by atoms with E-state index < -0.39 is 0 Å². The van der Waals surface area contributed by atoms with Gasteiger partial charge in [-0.15, -0.1) is 11.3 Å². The molecule has 0 amide bonds. The fraction of sp³-hybridized carbons (Fsp3) is 0.538. The SMILES string of the molecule is Cc1nc(Cn2cncc2C2CCNCC2)cs1. The van der Waals surface area contributed by atoms with Crippen molar-refractivity contribution in [1.82, 2.24) is 19.9 Å². The Kier molecular flexibility index (Phi) is 3.43. The first-order valence-electron chi connectivity index (χ1n) is 6.44. The van der Waals surface area contributed by atoms with E-state index in [1.165, 1.54) is 18.5 Å². The van der Waals surface area contributed by atoms with E-state index in [0.717, 1.165) is 30.3 Å². The van der Waals surface area contributed by atoms with E-state index in [1.807, 2.05) is 12.5 Å².